The van der Waals surface area contributed by atoms with Crippen LogP contribution in [0.15, 0.2) is 73.3 Å². The number of unbranched alkanes of at least 4 members (excludes halogenated alkanes) is 1. The maximum Gasteiger partial charge on any atom is 0.166 e. The first kappa shape index (κ1) is 28.5. The van der Waals surface area contributed by atoms with Gasteiger partial charge in [0.1, 0.15) is 17.3 Å². The van der Waals surface area contributed by atoms with Crippen molar-refractivity contribution in [1.29, 1.82) is 0 Å². The Labute approximate surface area is 230 Å². The minimum atomic E-state index is -0.804. The van der Waals surface area contributed by atoms with E-state index in [2.05, 4.69) is 13.5 Å². The smallest absolute Gasteiger partial charge is 0.166 e. The first-order valence-electron chi connectivity index (χ1n) is 13.9. The quantitative estimate of drug-likeness (QED) is 0.170. The molecule has 0 unspecified atom stereocenters. The molecule has 1 aliphatic rings. The van der Waals surface area contributed by atoms with Gasteiger partial charge in [0, 0.05) is 17.2 Å². The molecule has 1 fully saturated rings. The van der Waals surface area contributed by atoms with Gasteiger partial charge in [-0.2, -0.15) is 0 Å². The largest absolute Gasteiger partial charge is 0.494 e. The summed E-state index contributed by atoms with van der Waals surface area (Å²) in [7, 11) is 0. The lowest BCUT2D eigenvalue weighted by molar-refractivity contribution is 0.309. The molecule has 1 aliphatic carbocycles. The van der Waals surface area contributed by atoms with Crippen molar-refractivity contribution in [3.63, 3.8) is 0 Å². The molecular formula is C34H37F3O2. The van der Waals surface area contributed by atoms with Gasteiger partial charge in [0.05, 0.1) is 13.2 Å². The van der Waals surface area contributed by atoms with E-state index >= 15 is 8.78 Å². The molecule has 3 aromatic rings. The SMILES string of the molecule is C=CCCOc1ccc(/C=C/C2CCC(c3ccc(-c4ccc(OCCCC)cc4)c(F)c3F)CC2)c(F)c1. The Morgan fingerprint density at radius 3 is 2.26 bits per heavy atom. The van der Waals surface area contributed by atoms with Crippen LogP contribution in [0, 0.1) is 23.4 Å². The number of benzene rings is 3. The van der Waals surface area contributed by atoms with Crippen LogP contribution in [-0.4, -0.2) is 13.2 Å². The van der Waals surface area contributed by atoms with Crippen LogP contribution in [-0.2, 0) is 0 Å². The maximum atomic E-state index is 15.2. The van der Waals surface area contributed by atoms with Crippen LogP contribution in [0.1, 0.15) is 68.9 Å². The predicted molar refractivity (Wildman–Crippen MR) is 153 cm³/mol. The fourth-order valence-electron chi connectivity index (χ4n) is 5.02. The highest BCUT2D eigenvalue weighted by Gasteiger charge is 2.26. The molecule has 0 N–H and O–H groups in total. The fourth-order valence-corrected chi connectivity index (χ4v) is 5.02. The lowest BCUT2D eigenvalue weighted by Crippen LogP contribution is -2.13. The summed E-state index contributed by atoms with van der Waals surface area (Å²) in [6.07, 6.45) is 11.5. The minimum Gasteiger partial charge on any atom is -0.494 e. The summed E-state index contributed by atoms with van der Waals surface area (Å²) in [5.41, 5.74) is 1.83. The van der Waals surface area contributed by atoms with Crippen molar-refractivity contribution in [3.8, 4) is 22.6 Å². The van der Waals surface area contributed by atoms with Gasteiger partial charge in [-0.1, -0.05) is 55.8 Å². The van der Waals surface area contributed by atoms with Gasteiger partial charge in [-0.05, 0) is 85.8 Å². The number of hydrogen-bond donors (Lipinski definition) is 0. The van der Waals surface area contributed by atoms with E-state index < -0.39 is 11.6 Å². The zero-order valence-electron chi connectivity index (χ0n) is 22.6. The van der Waals surface area contributed by atoms with Crippen molar-refractivity contribution in [2.75, 3.05) is 13.2 Å². The number of rotatable bonds is 12. The van der Waals surface area contributed by atoms with Crippen LogP contribution in [0.5, 0.6) is 11.5 Å². The maximum absolute atomic E-state index is 15.2. The third-order valence-electron chi connectivity index (χ3n) is 7.37. The van der Waals surface area contributed by atoms with E-state index in [9.17, 15) is 4.39 Å². The molecule has 0 aliphatic heterocycles. The molecule has 0 atom stereocenters. The molecule has 5 heteroatoms. The standard InChI is InChI=1S/C34H37F3O2/c1-3-5-21-38-28-16-13-26(14-17-28)31-20-19-30(33(36)34(31)37)25-10-7-24(8-11-25)9-12-27-15-18-29(23-32(27)35)39-22-6-4-2/h4,9,12-20,23-25H,2-3,5-8,10-11,21-22H2,1H3/b12-9+. The molecule has 0 aromatic heterocycles. The average molecular weight is 535 g/mol. The van der Waals surface area contributed by atoms with Gasteiger partial charge in [-0.3, -0.25) is 0 Å². The molecule has 0 spiro atoms. The van der Waals surface area contributed by atoms with Gasteiger partial charge in [0.2, 0.25) is 0 Å². The van der Waals surface area contributed by atoms with Gasteiger partial charge in [-0.15, -0.1) is 6.58 Å². The summed E-state index contributed by atoms with van der Waals surface area (Å²) in [6, 6.07) is 15.4. The molecule has 4 rings (SSSR count). The Kier molecular flexibility index (Phi) is 10.3. The van der Waals surface area contributed by atoms with Crippen LogP contribution in [0.4, 0.5) is 13.2 Å². The van der Waals surface area contributed by atoms with E-state index in [4.69, 9.17) is 9.47 Å². The van der Waals surface area contributed by atoms with Crippen molar-refractivity contribution in [2.24, 2.45) is 5.92 Å². The van der Waals surface area contributed by atoms with E-state index in [1.807, 2.05) is 12.2 Å². The summed E-state index contributed by atoms with van der Waals surface area (Å²) in [5.74, 6) is -0.420. The van der Waals surface area contributed by atoms with E-state index in [1.165, 1.54) is 6.07 Å². The summed E-state index contributed by atoms with van der Waals surface area (Å²) in [4.78, 5) is 0. The summed E-state index contributed by atoms with van der Waals surface area (Å²) >= 11 is 0. The molecule has 0 radical (unpaired) electrons. The highest BCUT2D eigenvalue weighted by molar-refractivity contribution is 5.65. The zero-order chi connectivity index (χ0) is 27.6. The monoisotopic (exact) mass is 534 g/mol. The average Bonchev–Trinajstić information content (AvgIpc) is 2.95. The lowest BCUT2D eigenvalue weighted by Gasteiger charge is -2.27. The molecule has 39 heavy (non-hydrogen) atoms. The molecule has 0 bridgehead atoms. The van der Waals surface area contributed by atoms with Crippen molar-refractivity contribution >= 4 is 6.08 Å². The van der Waals surface area contributed by atoms with Crippen molar-refractivity contribution in [1.82, 2.24) is 0 Å². The fraction of sp³-hybridized carbons (Fsp3) is 0.353. The minimum absolute atomic E-state index is 0.0312. The number of hydrogen-bond acceptors (Lipinski definition) is 2. The second kappa shape index (κ2) is 14.1. The molecule has 2 nitrogen and oxygen atoms in total. The second-order valence-electron chi connectivity index (χ2n) is 10.1. The second-order valence-corrected chi connectivity index (χ2v) is 10.1. The Balaban J connectivity index is 1.34. The third kappa shape index (κ3) is 7.56. The lowest BCUT2D eigenvalue weighted by atomic mass is 9.78. The number of ether oxygens (including phenoxy) is 2. The summed E-state index contributed by atoms with van der Waals surface area (Å²) < 4.78 is 56.0. The number of allylic oxidation sites excluding steroid dienone is 1. The molecular weight excluding hydrogens is 497 g/mol. The Morgan fingerprint density at radius 1 is 0.846 bits per heavy atom. The van der Waals surface area contributed by atoms with Crippen LogP contribution < -0.4 is 9.47 Å². The van der Waals surface area contributed by atoms with Crippen molar-refractivity contribution < 1.29 is 22.6 Å². The van der Waals surface area contributed by atoms with Gasteiger partial charge < -0.3 is 9.47 Å². The third-order valence-corrected chi connectivity index (χ3v) is 7.37. The van der Waals surface area contributed by atoms with E-state index in [-0.39, 0.29) is 23.2 Å². The predicted octanol–water partition coefficient (Wildman–Crippen LogP) is 9.89. The van der Waals surface area contributed by atoms with Crippen molar-refractivity contribution in [2.45, 2.75) is 57.8 Å². The molecule has 206 valence electrons. The van der Waals surface area contributed by atoms with Crippen molar-refractivity contribution in [3.05, 3.63) is 102 Å². The summed E-state index contributed by atoms with van der Waals surface area (Å²) in [6.45, 7) is 6.86. The molecule has 0 amide bonds. The number of halogens is 3. The van der Waals surface area contributed by atoms with E-state index in [1.54, 1.807) is 54.6 Å². The topological polar surface area (TPSA) is 18.5 Å². The van der Waals surface area contributed by atoms with Gasteiger partial charge in [0.25, 0.3) is 0 Å². The van der Waals surface area contributed by atoms with Gasteiger partial charge >= 0.3 is 0 Å². The molecule has 0 saturated heterocycles. The van der Waals surface area contributed by atoms with Crippen LogP contribution in [0.3, 0.4) is 0 Å². The Morgan fingerprint density at radius 2 is 1.56 bits per heavy atom. The Bertz CT molecular complexity index is 1260. The zero-order valence-corrected chi connectivity index (χ0v) is 22.6. The van der Waals surface area contributed by atoms with Crippen LogP contribution >= 0.6 is 0 Å². The van der Waals surface area contributed by atoms with Gasteiger partial charge in [-0.25, -0.2) is 13.2 Å². The molecule has 3 aromatic carbocycles. The van der Waals surface area contributed by atoms with Crippen LogP contribution in [0.25, 0.3) is 17.2 Å². The molecule has 0 heterocycles. The van der Waals surface area contributed by atoms with E-state index in [0.717, 1.165) is 44.3 Å². The first-order chi connectivity index (χ1) is 19.0. The highest BCUT2D eigenvalue weighted by Crippen LogP contribution is 2.39. The van der Waals surface area contributed by atoms with Crippen LogP contribution in [0.2, 0.25) is 0 Å². The molecule has 1 saturated carbocycles. The normalized spacial score (nSPS) is 17.3. The highest BCUT2D eigenvalue weighted by atomic mass is 19.2. The first-order valence-corrected chi connectivity index (χ1v) is 13.9. The Hall–Kier alpha value is -3.47. The van der Waals surface area contributed by atoms with E-state index in [0.29, 0.717) is 42.1 Å². The van der Waals surface area contributed by atoms with Gasteiger partial charge in [0.15, 0.2) is 11.6 Å². The summed E-state index contributed by atoms with van der Waals surface area (Å²) in [5, 5.41) is 0.